The van der Waals surface area contributed by atoms with E-state index in [-0.39, 0.29) is 11.8 Å². The van der Waals surface area contributed by atoms with Crippen molar-refractivity contribution in [3.8, 4) is 0 Å². The van der Waals surface area contributed by atoms with Crippen LogP contribution in [0.1, 0.15) is 23.2 Å². The quantitative estimate of drug-likeness (QED) is 0.946. The third-order valence-corrected chi connectivity index (χ3v) is 3.66. The van der Waals surface area contributed by atoms with Crippen molar-refractivity contribution in [3.63, 3.8) is 0 Å². The van der Waals surface area contributed by atoms with Crippen molar-refractivity contribution >= 4 is 34.8 Å². The van der Waals surface area contributed by atoms with E-state index in [1.807, 2.05) is 0 Å². The normalized spacial score (nSPS) is 14.5. The lowest BCUT2D eigenvalue weighted by molar-refractivity contribution is -0.117. The van der Waals surface area contributed by atoms with Crippen LogP contribution in [0.4, 0.5) is 11.4 Å². The summed E-state index contributed by atoms with van der Waals surface area (Å²) in [4.78, 5) is 25.3. The molecule has 1 aromatic carbocycles. The van der Waals surface area contributed by atoms with Gasteiger partial charge in [-0.3, -0.25) is 9.59 Å². The lowest BCUT2D eigenvalue weighted by Gasteiger charge is -2.18. The molecule has 108 valence electrons. The van der Waals surface area contributed by atoms with Gasteiger partial charge in [0.25, 0.3) is 5.91 Å². The van der Waals surface area contributed by atoms with E-state index >= 15 is 0 Å². The van der Waals surface area contributed by atoms with Gasteiger partial charge < -0.3 is 14.6 Å². The second-order valence-corrected chi connectivity index (χ2v) is 5.19. The number of benzene rings is 1. The highest BCUT2D eigenvalue weighted by molar-refractivity contribution is 6.34. The van der Waals surface area contributed by atoms with Crippen LogP contribution in [0.5, 0.6) is 0 Å². The molecule has 0 atom stereocenters. The number of amides is 2. The van der Waals surface area contributed by atoms with Gasteiger partial charge in [-0.25, -0.2) is 0 Å². The van der Waals surface area contributed by atoms with Gasteiger partial charge in [0.05, 0.1) is 22.5 Å². The topological polar surface area (TPSA) is 62.6 Å². The van der Waals surface area contributed by atoms with Crippen LogP contribution in [0.3, 0.4) is 0 Å². The van der Waals surface area contributed by atoms with Crippen LogP contribution >= 0.6 is 11.6 Å². The maximum atomic E-state index is 11.9. The summed E-state index contributed by atoms with van der Waals surface area (Å²) in [5.74, 6) is -0.197. The Morgan fingerprint density at radius 1 is 1.33 bits per heavy atom. The first kappa shape index (κ1) is 13.7. The molecule has 0 unspecified atom stereocenters. The van der Waals surface area contributed by atoms with Gasteiger partial charge in [0.1, 0.15) is 6.26 Å². The van der Waals surface area contributed by atoms with Crippen LogP contribution in [0.2, 0.25) is 5.02 Å². The Hall–Kier alpha value is -2.27. The van der Waals surface area contributed by atoms with Gasteiger partial charge in [-0.15, -0.1) is 0 Å². The molecule has 21 heavy (non-hydrogen) atoms. The number of furan rings is 1. The maximum absolute atomic E-state index is 11.9. The number of anilines is 2. The summed E-state index contributed by atoms with van der Waals surface area (Å²) >= 11 is 6.22. The van der Waals surface area contributed by atoms with Gasteiger partial charge >= 0.3 is 0 Å². The summed E-state index contributed by atoms with van der Waals surface area (Å²) in [6, 6.07) is 6.69. The number of carbonyl (C=O) groups is 2. The molecule has 0 saturated carbocycles. The molecule has 1 N–H and O–H groups in total. The predicted octanol–water partition coefficient (Wildman–Crippen LogP) is 3.31. The minimum atomic E-state index is -0.273. The zero-order valence-electron chi connectivity index (χ0n) is 11.1. The predicted molar refractivity (Wildman–Crippen MR) is 79.7 cm³/mol. The molecule has 1 saturated heterocycles. The summed E-state index contributed by atoms with van der Waals surface area (Å²) in [7, 11) is 0. The van der Waals surface area contributed by atoms with Crippen molar-refractivity contribution in [3.05, 3.63) is 47.4 Å². The molecule has 0 spiro atoms. The van der Waals surface area contributed by atoms with E-state index in [0.717, 1.165) is 6.42 Å². The Bertz CT molecular complexity index is 682. The van der Waals surface area contributed by atoms with Crippen LogP contribution < -0.4 is 10.2 Å². The van der Waals surface area contributed by atoms with Crippen molar-refractivity contribution in [2.75, 3.05) is 16.8 Å². The van der Waals surface area contributed by atoms with Crippen LogP contribution in [0.25, 0.3) is 0 Å². The van der Waals surface area contributed by atoms with Crippen molar-refractivity contribution in [1.82, 2.24) is 0 Å². The molecule has 2 amide bonds. The van der Waals surface area contributed by atoms with Crippen molar-refractivity contribution < 1.29 is 14.0 Å². The molecule has 2 aromatic rings. The van der Waals surface area contributed by atoms with Gasteiger partial charge in [-0.2, -0.15) is 0 Å². The fourth-order valence-electron chi connectivity index (χ4n) is 2.30. The van der Waals surface area contributed by atoms with Crippen LogP contribution in [-0.2, 0) is 4.79 Å². The Balaban J connectivity index is 1.78. The van der Waals surface area contributed by atoms with E-state index < -0.39 is 0 Å². The molecular formula is C15H13ClN2O3. The number of nitrogens with zero attached hydrogens (tertiary/aromatic N) is 1. The summed E-state index contributed by atoms with van der Waals surface area (Å²) in [5, 5.41) is 3.17. The lowest BCUT2D eigenvalue weighted by Crippen LogP contribution is -2.24. The van der Waals surface area contributed by atoms with E-state index in [1.54, 1.807) is 29.2 Å². The van der Waals surface area contributed by atoms with Crippen molar-refractivity contribution in [2.24, 2.45) is 0 Å². The molecular weight excluding hydrogens is 292 g/mol. The zero-order valence-corrected chi connectivity index (χ0v) is 11.9. The fraction of sp³-hybridized carbons (Fsp3) is 0.200. The summed E-state index contributed by atoms with van der Waals surface area (Å²) in [6.45, 7) is 0.680. The molecule has 1 aliphatic rings. The lowest BCUT2D eigenvalue weighted by atomic mass is 10.2. The monoisotopic (exact) mass is 304 g/mol. The molecule has 2 heterocycles. The second-order valence-electron chi connectivity index (χ2n) is 4.78. The van der Waals surface area contributed by atoms with E-state index in [4.69, 9.17) is 16.0 Å². The number of hydrogen-bond acceptors (Lipinski definition) is 3. The Morgan fingerprint density at radius 3 is 2.81 bits per heavy atom. The first-order valence-electron chi connectivity index (χ1n) is 6.58. The van der Waals surface area contributed by atoms with E-state index in [0.29, 0.717) is 34.9 Å². The highest BCUT2D eigenvalue weighted by Gasteiger charge is 2.23. The number of carbonyl (C=O) groups excluding carboxylic acids is 2. The molecule has 3 rings (SSSR count). The first-order chi connectivity index (χ1) is 10.1. The molecule has 0 radical (unpaired) electrons. The van der Waals surface area contributed by atoms with E-state index in [9.17, 15) is 9.59 Å². The Kier molecular flexibility index (Phi) is 3.66. The molecule has 1 aromatic heterocycles. The largest absolute Gasteiger partial charge is 0.472 e. The molecule has 1 aliphatic heterocycles. The van der Waals surface area contributed by atoms with E-state index in [1.165, 1.54) is 12.5 Å². The van der Waals surface area contributed by atoms with Crippen LogP contribution in [0.15, 0.2) is 41.2 Å². The number of rotatable bonds is 3. The van der Waals surface area contributed by atoms with Gasteiger partial charge in [-0.05, 0) is 30.7 Å². The third-order valence-electron chi connectivity index (χ3n) is 3.35. The average Bonchev–Trinajstić information content (AvgIpc) is 3.10. The van der Waals surface area contributed by atoms with E-state index in [2.05, 4.69) is 5.32 Å². The first-order valence-corrected chi connectivity index (χ1v) is 6.96. The highest BCUT2D eigenvalue weighted by atomic mass is 35.5. The summed E-state index contributed by atoms with van der Waals surface area (Å²) in [5.41, 5.74) is 1.69. The average molecular weight is 305 g/mol. The minimum Gasteiger partial charge on any atom is -0.472 e. The zero-order chi connectivity index (χ0) is 14.8. The number of halogens is 1. The Morgan fingerprint density at radius 2 is 2.19 bits per heavy atom. The van der Waals surface area contributed by atoms with Crippen LogP contribution in [-0.4, -0.2) is 18.4 Å². The Labute approximate surface area is 126 Å². The highest BCUT2D eigenvalue weighted by Crippen LogP contribution is 2.31. The van der Waals surface area contributed by atoms with Gasteiger partial charge in [0.15, 0.2) is 0 Å². The minimum absolute atomic E-state index is 0.0760. The standard InChI is InChI=1S/C15H13ClN2O3/c16-12-8-11(17-15(20)10-5-7-21-9-10)3-4-13(12)18-6-1-2-14(18)19/h3-5,7-9H,1-2,6H2,(H,17,20). The summed E-state index contributed by atoms with van der Waals surface area (Å²) in [6.07, 6.45) is 4.20. The number of nitrogens with one attached hydrogen (secondary N) is 1. The second kappa shape index (κ2) is 5.61. The fourth-order valence-corrected chi connectivity index (χ4v) is 2.59. The molecule has 0 aliphatic carbocycles. The molecule has 5 nitrogen and oxygen atoms in total. The third kappa shape index (κ3) is 2.78. The van der Waals surface area contributed by atoms with Gasteiger partial charge in [-0.1, -0.05) is 11.6 Å². The van der Waals surface area contributed by atoms with Crippen molar-refractivity contribution in [2.45, 2.75) is 12.8 Å². The van der Waals surface area contributed by atoms with Gasteiger partial charge in [0, 0.05) is 18.7 Å². The van der Waals surface area contributed by atoms with Crippen LogP contribution in [0, 0.1) is 0 Å². The molecule has 6 heteroatoms. The van der Waals surface area contributed by atoms with Gasteiger partial charge in [0.2, 0.25) is 5.91 Å². The summed E-state index contributed by atoms with van der Waals surface area (Å²) < 4.78 is 4.86. The number of hydrogen-bond donors (Lipinski definition) is 1. The molecule has 1 fully saturated rings. The SMILES string of the molecule is O=C(Nc1ccc(N2CCCC2=O)c(Cl)c1)c1ccoc1. The van der Waals surface area contributed by atoms with Crippen molar-refractivity contribution in [1.29, 1.82) is 0 Å². The molecule has 0 bridgehead atoms. The maximum Gasteiger partial charge on any atom is 0.258 e. The smallest absolute Gasteiger partial charge is 0.258 e.